The Morgan fingerprint density at radius 3 is 2.27 bits per heavy atom. The number of nitrogens with two attached hydrogens (primary N) is 1. The average molecular weight is 209 g/mol. The van der Waals surface area contributed by atoms with Gasteiger partial charge in [-0.3, -0.25) is 9.59 Å². The minimum absolute atomic E-state index is 0.0585. The fourth-order valence-electron chi connectivity index (χ4n) is 1.04. The second kappa shape index (κ2) is 4.18. The molecule has 0 radical (unpaired) electrons. The smallest absolute Gasteiger partial charge is 0.311 e. The SMILES string of the molecule is NC(=O)c1ccccc1C(=O)N[N+](=O)[O-]. The molecule has 0 saturated carbocycles. The normalized spacial score (nSPS) is 9.33. The van der Waals surface area contributed by atoms with E-state index < -0.39 is 16.8 Å². The molecule has 0 bridgehead atoms. The maximum absolute atomic E-state index is 11.2. The number of benzene rings is 1. The zero-order chi connectivity index (χ0) is 11.4. The van der Waals surface area contributed by atoms with Crippen molar-refractivity contribution in [1.82, 2.24) is 5.43 Å². The predicted octanol–water partition coefficient (Wildman–Crippen LogP) is -0.293. The first kappa shape index (κ1) is 10.6. The molecule has 0 fully saturated rings. The number of hydrogen-bond acceptors (Lipinski definition) is 4. The summed E-state index contributed by atoms with van der Waals surface area (Å²) >= 11 is 0. The van der Waals surface area contributed by atoms with Crippen LogP contribution in [0.25, 0.3) is 0 Å². The van der Waals surface area contributed by atoms with Gasteiger partial charge in [-0.05, 0) is 12.1 Å². The van der Waals surface area contributed by atoms with Crippen LogP contribution < -0.4 is 11.2 Å². The zero-order valence-corrected chi connectivity index (χ0v) is 7.47. The van der Waals surface area contributed by atoms with Gasteiger partial charge in [0, 0.05) is 0 Å². The standard InChI is InChI=1S/C8H7N3O4/c9-7(12)5-3-1-2-4-6(5)8(13)10-11(14)15/h1-4H,(H2,9,12)(H,10,13). The molecular formula is C8H7N3O4. The first-order valence-corrected chi connectivity index (χ1v) is 3.86. The Morgan fingerprint density at radius 2 is 1.80 bits per heavy atom. The van der Waals surface area contributed by atoms with Crippen molar-refractivity contribution in [2.24, 2.45) is 5.73 Å². The molecule has 1 rings (SSSR count). The van der Waals surface area contributed by atoms with Gasteiger partial charge in [0.2, 0.25) is 5.91 Å². The first-order chi connectivity index (χ1) is 7.02. The van der Waals surface area contributed by atoms with Gasteiger partial charge in [0.1, 0.15) is 0 Å². The van der Waals surface area contributed by atoms with Gasteiger partial charge in [0.15, 0.2) is 5.03 Å². The maximum Gasteiger partial charge on any atom is 0.311 e. The highest BCUT2D eigenvalue weighted by molar-refractivity contribution is 6.06. The lowest BCUT2D eigenvalue weighted by Gasteiger charge is -2.02. The summed E-state index contributed by atoms with van der Waals surface area (Å²) in [5, 5.41) is 9.02. The van der Waals surface area contributed by atoms with Crippen molar-refractivity contribution in [3.05, 3.63) is 45.5 Å². The molecular weight excluding hydrogens is 202 g/mol. The van der Waals surface area contributed by atoms with E-state index in [4.69, 9.17) is 5.73 Å². The van der Waals surface area contributed by atoms with Gasteiger partial charge in [-0.15, -0.1) is 0 Å². The monoisotopic (exact) mass is 209 g/mol. The number of hydrogen-bond donors (Lipinski definition) is 2. The van der Waals surface area contributed by atoms with Crippen LogP contribution in [0.15, 0.2) is 24.3 Å². The van der Waals surface area contributed by atoms with E-state index in [9.17, 15) is 19.7 Å². The molecule has 0 aromatic heterocycles. The summed E-state index contributed by atoms with van der Waals surface area (Å²) in [5.41, 5.74) is 6.24. The number of primary amides is 1. The third-order valence-corrected chi connectivity index (χ3v) is 1.63. The van der Waals surface area contributed by atoms with E-state index in [1.807, 2.05) is 0 Å². The van der Waals surface area contributed by atoms with Crippen molar-refractivity contribution in [2.45, 2.75) is 0 Å². The van der Waals surface area contributed by atoms with E-state index in [1.54, 1.807) is 0 Å². The van der Waals surface area contributed by atoms with E-state index in [0.29, 0.717) is 0 Å². The Labute approximate surface area is 84.0 Å². The molecule has 0 aliphatic heterocycles. The molecule has 0 aliphatic rings. The summed E-state index contributed by atoms with van der Waals surface area (Å²) in [6, 6.07) is 5.57. The molecule has 0 saturated heterocycles. The fraction of sp³-hybridized carbons (Fsp3) is 0. The van der Waals surface area contributed by atoms with Gasteiger partial charge in [-0.2, -0.15) is 0 Å². The molecule has 0 atom stereocenters. The third-order valence-electron chi connectivity index (χ3n) is 1.63. The summed E-state index contributed by atoms with van der Waals surface area (Å²) in [4.78, 5) is 32.1. The van der Waals surface area contributed by atoms with Crippen LogP contribution in [0.1, 0.15) is 20.7 Å². The maximum atomic E-state index is 11.2. The number of rotatable bonds is 3. The van der Waals surface area contributed by atoms with Gasteiger partial charge >= 0.3 is 5.91 Å². The number of hydrazine groups is 1. The summed E-state index contributed by atoms with van der Waals surface area (Å²) in [5.74, 6) is -1.79. The van der Waals surface area contributed by atoms with Gasteiger partial charge in [0.25, 0.3) is 0 Å². The third kappa shape index (κ3) is 2.50. The summed E-state index contributed by atoms with van der Waals surface area (Å²) in [6.45, 7) is 0. The number of carbonyl (C=O) groups excluding carboxylic acids is 2. The fourth-order valence-corrected chi connectivity index (χ4v) is 1.04. The number of nitro groups is 1. The zero-order valence-electron chi connectivity index (χ0n) is 7.47. The molecule has 0 heterocycles. The Kier molecular flexibility index (Phi) is 2.97. The summed E-state index contributed by atoms with van der Waals surface area (Å²) in [6.07, 6.45) is 0. The Hall–Kier alpha value is -2.44. The van der Waals surface area contributed by atoms with Gasteiger partial charge in [-0.1, -0.05) is 17.6 Å². The Morgan fingerprint density at radius 1 is 1.27 bits per heavy atom. The molecule has 7 heteroatoms. The second-order valence-corrected chi connectivity index (χ2v) is 2.61. The molecule has 78 valence electrons. The Balaban J connectivity index is 3.08. The molecule has 0 spiro atoms. The van der Waals surface area contributed by atoms with Crippen LogP contribution in [0.3, 0.4) is 0 Å². The largest absolute Gasteiger partial charge is 0.366 e. The van der Waals surface area contributed by atoms with Crippen molar-refractivity contribution in [2.75, 3.05) is 0 Å². The Bertz CT molecular complexity index is 430. The second-order valence-electron chi connectivity index (χ2n) is 2.61. The average Bonchev–Trinajstić information content (AvgIpc) is 2.16. The molecule has 0 unspecified atom stereocenters. The highest BCUT2D eigenvalue weighted by Crippen LogP contribution is 2.07. The quantitative estimate of drug-likeness (QED) is 0.525. The van der Waals surface area contributed by atoms with Crippen LogP contribution in [0, 0.1) is 10.1 Å². The van der Waals surface area contributed by atoms with Crippen molar-refractivity contribution in [3.8, 4) is 0 Å². The lowest BCUT2D eigenvalue weighted by Crippen LogP contribution is -2.31. The highest BCUT2D eigenvalue weighted by atomic mass is 16.7. The van der Waals surface area contributed by atoms with Gasteiger partial charge in [-0.25, -0.2) is 10.1 Å². The molecule has 1 aromatic carbocycles. The van der Waals surface area contributed by atoms with E-state index in [-0.39, 0.29) is 11.1 Å². The number of nitrogens with one attached hydrogen (secondary N) is 1. The van der Waals surface area contributed by atoms with Gasteiger partial charge < -0.3 is 5.73 Å². The first-order valence-electron chi connectivity index (χ1n) is 3.86. The van der Waals surface area contributed by atoms with Crippen LogP contribution in [0.4, 0.5) is 0 Å². The van der Waals surface area contributed by atoms with Crippen molar-refractivity contribution < 1.29 is 14.6 Å². The molecule has 15 heavy (non-hydrogen) atoms. The molecule has 3 N–H and O–H groups in total. The van der Waals surface area contributed by atoms with Crippen molar-refractivity contribution in [3.63, 3.8) is 0 Å². The highest BCUT2D eigenvalue weighted by Gasteiger charge is 2.17. The topological polar surface area (TPSA) is 115 Å². The lowest BCUT2D eigenvalue weighted by atomic mass is 10.1. The summed E-state index contributed by atoms with van der Waals surface area (Å²) < 4.78 is 0. The van der Waals surface area contributed by atoms with E-state index in [0.717, 1.165) is 0 Å². The van der Waals surface area contributed by atoms with Crippen LogP contribution in [0.5, 0.6) is 0 Å². The van der Waals surface area contributed by atoms with Crippen LogP contribution in [-0.4, -0.2) is 16.8 Å². The van der Waals surface area contributed by atoms with E-state index >= 15 is 0 Å². The van der Waals surface area contributed by atoms with Gasteiger partial charge in [0.05, 0.1) is 11.1 Å². The minimum Gasteiger partial charge on any atom is -0.366 e. The van der Waals surface area contributed by atoms with Crippen LogP contribution >= 0.6 is 0 Å². The van der Waals surface area contributed by atoms with Crippen LogP contribution in [-0.2, 0) is 0 Å². The summed E-state index contributed by atoms with van der Waals surface area (Å²) in [7, 11) is 0. The molecule has 2 amide bonds. The molecule has 0 aliphatic carbocycles. The number of carbonyl (C=O) groups is 2. The molecule has 7 nitrogen and oxygen atoms in total. The predicted molar refractivity (Wildman–Crippen MR) is 49.4 cm³/mol. The van der Waals surface area contributed by atoms with E-state index in [1.165, 1.54) is 29.7 Å². The lowest BCUT2D eigenvalue weighted by molar-refractivity contribution is -0.527. The van der Waals surface area contributed by atoms with Crippen molar-refractivity contribution >= 4 is 11.8 Å². The minimum atomic E-state index is -1.000. The van der Waals surface area contributed by atoms with E-state index in [2.05, 4.69) is 0 Å². The van der Waals surface area contributed by atoms with Crippen LogP contribution in [0.2, 0.25) is 0 Å². The number of amides is 2. The number of nitrogens with zero attached hydrogens (tertiary/aromatic N) is 1. The molecule has 1 aromatic rings. The van der Waals surface area contributed by atoms with Crippen molar-refractivity contribution in [1.29, 1.82) is 0 Å².